The summed E-state index contributed by atoms with van der Waals surface area (Å²) in [7, 11) is 0. The van der Waals surface area contributed by atoms with Crippen LogP contribution < -0.4 is 5.32 Å². The summed E-state index contributed by atoms with van der Waals surface area (Å²) in [6.07, 6.45) is 3.58. The molecule has 0 atom stereocenters. The third-order valence-electron chi connectivity index (χ3n) is 3.52. The smallest absolute Gasteiger partial charge is 0.0439 e. The fraction of sp³-hybridized carbons (Fsp3) is 0.600. The molecule has 2 rings (SSSR count). The Morgan fingerprint density at radius 1 is 1.22 bits per heavy atom. The van der Waals surface area contributed by atoms with Gasteiger partial charge in [-0.1, -0.05) is 23.2 Å². The summed E-state index contributed by atoms with van der Waals surface area (Å²) < 4.78 is 0. The highest BCUT2D eigenvalue weighted by Gasteiger charge is 2.43. The normalized spacial score (nSPS) is 17.8. The van der Waals surface area contributed by atoms with Crippen LogP contribution in [0.4, 0.5) is 0 Å². The minimum absolute atomic E-state index is 0.174. The number of hydrogen-bond acceptors (Lipinski definition) is 1. The second-order valence-electron chi connectivity index (χ2n) is 6.52. The SMILES string of the molecule is CC(C)(C)NCC1(Cc2cc(Cl)ccc2Cl)CC1. The van der Waals surface area contributed by atoms with E-state index in [1.54, 1.807) is 0 Å². The van der Waals surface area contributed by atoms with Crippen molar-refractivity contribution in [2.45, 2.75) is 45.6 Å². The summed E-state index contributed by atoms with van der Waals surface area (Å²) in [5.41, 5.74) is 1.74. The van der Waals surface area contributed by atoms with E-state index >= 15 is 0 Å². The molecule has 1 fully saturated rings. The van der Waals surface area contributed by atoms with E-state index < -0.39 is 0 Å². The van der Waals surface area contributed by atoms with Crippen molar-refractivity contribution in [1.82, 2.24) is 5.32 Å². The van der Waals surface area contributed by atoms with E-state index in [0.717, 1.165) is 23.0 Å². The summed E-state index contributed by atoms with van der Waals surface area (Å²) in [6.45, 7) is 7.67. The first-order valence-electron chi connectivity index (χ1n) is 6.49. The molecule has 0 unspecified atom stereocenters. The number of rotatable bonds is 4. The molecule has 3 heteroatoms. The number of nitrogens with one attached hydrogen (secondary N) is 1. The number of benzene rings is 1. The highest BCUT2D eigenvalue weighted by atomic mass is 35.5. The second kappa shape index (κ2) is 5.03. The molecule has 1 N–H and O–H groups in total. The van der Waals surface area contributed by atoms with Crippen LogP contribution in [0.2, 0.25) is 10.0 Å². The van der Waals surface area contributed by atoms with Crippen molar-refractivity contribution in [3.63, 3.8) is 0 Å². The largest absolute Gasteiger partial charge is 0.312 e. The quantitative estimate of drug-likeness (QED) is 0.845. The van der Waals surface area contributed by atoms with Gasteiger partial charge in [-0.05, 0) is 69.2 Å². The standard InChI is InChI=1S/C15H21Cl2N/c1-14(2,3)18-10-15(6-7-15)9-11-8-12(16)4-5-13(11)17/h4-5,8,18H,6-7,9-10H2,1-3H3. The monoisotopic (exact) mass is 285 g/mol. The lowest BCUT2D eigenvalue weighted by Crippen LogP contribution is -2.40. The molecule has 1 saturated carbocycles. The first-order chi connectivity index (χ1) is 8.30. The topological polar surface area (TPSA) is 12.0 Å². The maximum Gasteiger partial charge on any atom is 0.0439 e. The Morgan fingerprint density at radius 2 is 1.89 bits per heavy atom. The van der Waals surface area contributed by atoms with Crippen molar-refractivity contribution < 1.29 is 0 Å². The van der Waals surface area contributed by atoms with Gasteiger partial charge in [-0.3, -0.25) is 0 Å². The maximum atomic E-state index is 6.24. The summed E-state index contributed by atoms with van der Waals surface area (Å²) in [4.78, 5) is 0. The molecule has 1 aliphatic rings. The fourth-order valence-electron chi connectivity index (χ4n) is 2.13. The molecule has 0 bridgehead atoms. The van der Waals surface area contributed by atoms with Crippen molar-refractivity contribution in [2.24, 2.45) is 5.41 Å². The summed E-state index contributed by atoms with van der Waals surface area (Å²) >= 11 is 12.3. The van der Waals surface area contributed by atoms with Crippen LogP contribution in [0.25, 0.3) is 0 Å². The molecule has 0 radical (unpaired) electrons. The van der Waals surface area contributed by atoms with Crippen LogP contribution in [0.1, 0.15) is 39.2 Å². The molecule has 0 aromatic heterocycles. The highest BCUT2D eigenvalue weighted by Crippen LogP contribution is 2.49. The zero-order valence-electron chi connectivity index (χ0n) is 11.3. The van der Waals surface area contributed by atoms with Gasteiger partial charge in [0.1, 0.15) is 0 Å². The van der Waals surface area contributed by atoms with Gasteiger partial charge in [-0.25, -0.2) is 0 Å². The molecule has 1 aliphatic carbocycles. The third-order valence-corrected chi connectivity index (χ3v) is 4.13. The Kier molecular flexibility index (Phi) is 3.96. The van der Waals surface area contributed by atoms with Crippen LogP contribution >= 0.6 is 23.2 Å². The van der Waals surface area contributed by atoms with Crippen LogP contribution in [-0.2, 0) is 6.42 Å². The highest BCUT2D eigenvalue weighted by molar-refractivity contribution is 6.33. The van der Waals surface area contributed by atoms with Crippen LogP contribution in [0.3, 0.4) is 0 Å². The minimum Gasteiger partial charge on any atom is -0.312 e. The Morgan fingerprint density at radius 3 is 2.44 bits per heavy atom. The van der Waals surface area contributed by atoms with Gasteiger partial charge in [0.25, 0.3) is 0 Å². The number of halogens is 2. The maximum absolute atomic E-state index is 6.24. The van der Waals surface area contributed by atoms with Crippen molar-refractivity contribution in [2.75, 3.05) is 6.54 Å². The van der Waals surface area contributed by atoms with Gasteiger partial charge in [-0.2, -0.15) is 0 Å². The van der Waals surface area contributed by atoms with Crippen molar-refractivity contribution in [1.29, 1.82) is 0 Å². The van der Waals surface area contributed by atoms with Gasteiger partial charge in [0.05, 0.1) is 0 Å². The van der Waals surface area contributed by atoms with E-state index in [-0.39, 0.29) is 5.54 Å². The molecular weight excluding hydrogens is 265 g/mol. The van der Waals surface area contributed by atoms with E-state index in [1.807, 2.05) is 18.2 Å². The first kappa shape index (κ1) is 14.2. The first-order valence-corrected chi connectivity index (χ1v) is 7.24. The minimum atomic E-state index is 0.174. The summed E-state index contributed by atoms with van der Waals surface area (Å²) in [6, 6.07) is 5.74. The Labute approximate surface area is 120 Å². The third kappa shape index (κ3) is 3.88. The lowest BCUT2D eigenvalue weighted by Gasteiger charge is -2.25. The molecule has 0 amide bonds. The molecule has 0 spiro atoms. The van der Waals surface area contributed by atoms with E-state index in [1.165, 1.54) is 18.4 Å². The molecule has 0 heterocycles. The molecule has 1 aromatic rings. The van der Waals surface area contributed by atoms with Gasteiger partial charge in [-0.15, -0.1) is 0 Å². The molecule has 1 aromatic carbocycles. The van der Waals surface area contributed by atoms with E-state index in [0.29, 0.717) is 5.41 Å². The van der Waals surface area contributed by atoms with Gasteiger partial charge in [0.2, 0.25) is 0 Å². The fourth-order valence-corrected chi connectivity index (χ4v) is 2.51. The Hall–Kier alpha value is -0.240. The summed E-state index contributed by atoms with van der Waals surface area (Å²) in [5.74, 6) is 0. The van der Waals surface area contributed by atoms with E-state index in [2.05, 4.69) is 26.1 Å². The van der Waals surface area contributed by atoms with Gasteiger partial charge in [0.15, 0.2) is 0 Å². The lowest BCUT2D eigenvalue weighted by atomic mass is 9.95. The lowest BCUT2D eigenvalue weighted by molar-refractivity contribution is 0.356. The molecule has 18 heavy (non-hydrogen) atoms. The van der Waals surface area contributed by atoms with Crippen molar-refractivity contribution in [3.8, 4) is 0 Å². The van der Waals surface area contributed by atoms with Crippen LogP contribution in [0.15, 0.2) is 18.2 Å². The second-order valence-corrected chi connectivity index (χ2v) is 7.36. The predicted octanol–water partition coefficient (Wildman–Crippen LogP) is 4.70. The van der Waals surface area contributed by atoms with Gasteiger partial charge >= 0.3 is 0 Å². The van der Waals surface area contributed by atoms with E-state index in [9.17, 15) is 0 Å². The Bertz CT molecular complexity index is 431. The molecular formula is C15H21Cl2N. The number of hydrogen-bond donors (Lipinski definition) is 1. The zero-order valence-corrected chi connectivity index (χ0v) is 12.8. The summed E-state index contributed by atoms with van der Waals surface area (Å²) in [5, 5.41) is 5.21. The van der Waals surface area contributed by atoms with Crippen molar-refractivity contribution in [3.05, 3.63) is 33.8 Å². The molecule has 0 aliphatic heterocycles. The van der Waals surface area contributed by atoms with Crippen LogP contribution in [0.5, 0.6) is 0 Å². The Balaban J connectivity index is 2.02. The van der Waals surface area contributed by atoms with Crippen LogP contribution in [-0.4, -0.2) is 12.1 Å². The molecule has 0 saturated heterocycles. The zero-order chi connectivity index (χ0) is 13.4. The van der Waals surface area contributed by atoms with Crippen molar-refractivity contribution >= 4 is 23.2 Å². The predicted molar refractivity (Wildman–Crippen MR) is 79.6 cm³/mol. The van der Waals surface area contributed by atoms with Crippen LogP contribution in [0, 0.1) is 5.41 Å². The van der Waals surface area contributed by atoms with E-state index in [4.69, 9.17) is 23.2 Å². The average molecular weight is 286 g/mol. The van der Waals surface area contributed by atoms with Gasteiger partial charge < -0.3 is 5.32 Å². The molecule has 1 nitrogen and oxygen atoms in total. The van der Waals surface area contributed by atoms with Gasteiger partial charge in [0, 0.05) is 22.1 Å². The average Bonchev–Trinajstić information content (AvgIpc) is 3.01. The molecule has 100 valence electrons.